The summed E-state index contributed by atoms with van der Waals surface area (Å²) < 4.78 is 31.3. The molecule has 94 valence electrons. The Morgan fingerprint density at radius 1 is 1.39 bits per heavy atom. The van der Waals surface area contributed by atoms with Crippen molar-refractivity contribution in [3.63, 3.8) is 0 Å². The van der Waals surface area contributed by atoms with E-state index in [0.29, 0.717) is 6.07 Å². The highest BCUT2D eigenvalue weighted by Crippen LogP contribution is 2.27. The highest BCUT2D eigenvalue weighted by molar-refractivity contribution is 9.10. The number of hydrogen-bond donors (Lipinski definition) is 1. The van der Waals surface area contributed by atoms with Gasteiger partial charge in [-0.15, -0.1) is 0 Å². The van der Waals surface area contributed by atoms with E-state index in [1.54, 1.807) is 0 Å². The summed E-state index contributed by atoms with van der Waals surface area (Å²) in [4.78, 5) is 11.8. The summed E-state index contributed by atoms with van der Waals surface area (Å²) >= 11 is 8.66. The Hall–Kier alpha value is -1.40. The maximum Gasteiger partial charge on any atom is 0.260 e. The third-order valence-electron chi connectivity index (χ3n) is 2.11. The molecular formula is C11H5BrClF2NO2. The monoisotopic (exact) mass is 335 g/mol. The van der Waals surface area contributed by atoms with Crippen LogP contribution in [-0.4, -0.2) is 5.91 Å². The Morgan fingerprint density at radius 2 is 2.11 bits per heavy atom. The lowest BCUT2D eigenvalue weighted by Gasteiger charge is -2.07. The van der Waals surface area contributed by atoms with Gasteiger partial charge < -0.3 is 9.73 Å². The number of nitrogens with one attached hydrogen (secondary N) is 1. The number of benzene rings is 1. The number of furan rings is 1. The standard InChI is InChI=1S/C11H5BrClF2NO2/c12-10-6(1-2-18-10)11(17)16-9-7(13)3-5(14)4-8(9)15/h1-4H,(H,16,17). The van der Waals surface area contributed by atoms with Gasteiger partial charge in [0.25, 0.3) is 5.91 Å². The quantitative estimate of drug-likeness (QED) is 0.892. The van der Waals surface area contributed by atoms with Crippen molar-refractivity contribution in [3.8, 4) is 0 Å². The van der Waals surface area contributed by atoms with Crippen molar-refractivity contribution in [1.82, 2.24) is 0 Å². The van der Waals surface area contributed by atoms with Crippen molar-refractivity contribution in [2.24, 2.45) is 0 Å². The largest absolute Gasteiger partial charge is 0.457 e. The van der Waals surface area contributed by atoms with Gasteiger partial charge in [0, 0.05) is 6.07 Å². The highest BCUT2D eigenvalue weighted by atomic mass is 79.9. The number of carbonyl (C=O) groups excluding carboxylic acids is 1. The molecule has 0 aliphatic heterocycles. The minimum atomic E-state index is -0.951. The molecule has 1 heterocycles. The van der Waals surface area contributed by atoms with Crippen molar-refractivity contribution >= 4 is 39.1 Å². The van der Waals surface area contributed by atoms with E-state index in [0.717, 1.165) is 6.07 Å². The van der Waals surface area contributed by atoms with Crippen LogP contribution < -0.4 is 5.32 Å². The Kier molecular flexibility index (Phi) is 3.68. The Bertz CT molecular complexity index is 592. The molecule has 0 radical (unpaired) electrons. The van der Waals surface area contributed by atoms with Crippen LogP contribution in [0.2, 0.25) is 5.02 Å². The molecule has 2 aromatic rings. The van der Waals surface area contributed by atoms with Gasteiger partial charge in [-0.05, 0) is 28.1 Å². The second-order valence-corrected chi connectivity index (χ2v) is 4.43. The van der Waals surface area contributed by atoms with Crippen LogP contribution in [0.25, 0.3) is 0 Å². The summed E-state index contributed by atoms with van der Waals surface area (Å²) in [6.45, 7) is 0. The van der Waals surface area contributed by atoms with Crippen molar-refractivity contribution in [1.29, 1.82) is 0 Å². The van der Waals surface area contributed by atoms with Gasteiger partial charge in [0.1, 0.15) is 5.82 Å². The average Bonchev–Trinajstić information content (AvgIpc) is 2.69. The van der Waals surface area contributed by atoms with Crippen molar-refractivity contribution in [2.45, 2.75) is 0 Å². The molecule has 0 bridgehead atoms. The van der Waals surface area contributed by atoms with Crippen LogP contribution in [0, 0.1) is 11.6 Å². The minimum Gasteiger partial charge on any atom is -0.457 e. The van der Waals surface area contributed by atoms with Crippen molar-refractivity contribution < 1.29 is 18.0 Å². The van der Waals surface area contributed by atoms with Gasteiger partial charge in [-0.3, -0.25) is 4.79 Å². The first-order chi connectivity index (χ1) is 8.49. The topological polar surface area (TPSA) is 42.2 Å². The second kappa shape index (κ2) is 5.07. The highest BCUT2D eigenvalue weighted by Gasteiger charge is 2.17. The van der Waals surface area contributed by atoms with Crippen LogP contribution in [-0.2, 0) is 0 Å². The van der Waals surface area contributed by atoms with Crippen LogP contribution in [0.15, 0.2) is 33.5 Å². The molecule has 18 heavy (non-hydrogen) atoms. The molecule has 0 aliphatic rings. The molecule has 7 heteroatoms. The van der Waals surface area contributed by atoms with Gasteiger partial charge in [-0.25, -0.2) is 8.78 Å². The fourth-order valence-corrected chi connectivity index (χ4v) is 1.96. The summed E-state index contributed by atoms with van der Waals surface area (Å²) in [5.74, 6) is -2.39. The SMILES string of the molecule is O=C(Nc1c(F)cc(F)cc1Cl)c1ccoc1Br. The van der Waals surface area contributed by atoms with Crippen LogP contribution in [0.1, 0.15) is 10.4 Å². The zero-order chi connectivity index (χ0) is 13.3. The predicted molar refractivity (Wildman–Crippen MR) is 65.7 cm³/mol. The fourth-order valence-electron chi connectivity index (χ4n) is 1.30. The summed E-state index contributed by atoms with van der Waals surface area (Å²) in [6.07, 6.45) is 1.29. The van der Waals surface area contributed by atoms with E-state index in [2.05, 4.69) is 21.2 Å². The Balaban J connectivity index is 2.31. The molecule has 3 nitrogen and oxygen atoms in total. The van der Waals surface area contributed by atoms with Gasteiger partial charge in [0.2, 0.25) is 0 Å². The molecule has 1 aromatic carbocycles. The van der Waals surface area contributed by atoms with E-state index < -0.39 is 17.5 Å². The molecule has 0 aliphatic carbocycles. The molecular weight excluding hydrogens is 331 g/mol. The van der Waals surface area contributed by atoms with Crippen LogP contribution in [0.3, 0.4) is 0 Å². The Labute approximate surface area is 114 Å². The molecule has 0 unspecified atom stereocenters. The normalized spacial score (nSPS) is 10.4. The van der Waals surface area contributed by atoms with Crippen molar-refractivity contribution in [3.05, 3.63) is 51.4 Å². The summed E-state index contributed by atoms with van der Waals surface area (Å²) in [5, 5.41) is 2.02. The first-order valence-corrected chi connectivity index (χ1v) is 5.85. The number of hydrogen-bond acceptors (Lipinski definition) is 2. The van der Waals surface area contributed by atoms with Crippen molar-refractivity contribution in [2.75, 3.05) is 5.32 Å². The third-order valence-corrected chi connectivity index (χ3v) is 3.02. The summed E-state index contributed by atoms with van der Waals surface area (Å²) in [7, 11) is 0. The maximum atomic E-state index is 13.4. The van der Waals surface area contributed by atoms with Crippen LogP contribution >= 0.6 is 27.5 Å². The van der Waals surface area contributed by atoms with Crippen LogP contribution in [0.4, 0.5) is 14.5 Å². The fraction of sp³-hybridized carbons (Fsp3) is 0. The molecule has 1 amide bonds. The van der Waals surface area contributed by atoms with E-state index in [9.17, 15) is 13.6 Å². The van der Waals surface area contributed by atoms with Gasteiger partial charge in [-0.1, -0.05) is 11.6 Å². The van der Waals surface area contributed by atoms with E-state index in [4.69, 9.17) is 16.0 Å². The summed E-state index contributed by atoms with van der Waals surface area (Å²) in [5.41, 5.74) is -0.106. The Morgan fingerprint density at radius 3 is 2.67 bits per heavy atom. The molecule has 0 saturated heterocycles. The molecule has 0 atom stereocenters. The maximum absolute atomic E-state index is 13.4. The average molecular weight is 337 g/mol. The van der Waals surface area contributed by atoms with E-state index in [1.807, 2.05) is 0 Å². The number of anilines is 1. The first kappa shape index (κ1) is 13.0. The molecule has 1 aromatic heterocycles. The third kappa shape index (κ3) is 2.54. The lowest BCUT2D eigenvalue weighted by atomic mass is 10.2. The first-order valence-electron chi connectivity index (χ1n) is 4.68. The number of amides is 1. The summed E-state index contributed by atoms with van der Waals surface area (Å²) in [6, 6.07) is 2.94. The minimum absolute atomic E-state index is 0.176. The number of halogens is 4. The van der Waals surface area contributed by atoms with E-state index in [1.165, 1.54) is 12.3 Å². The lowest BCUT2D eigenvalue weighted by molar-refractivity contribution is 0.102. The molecule has 0 spiro atoms. The number of rotatable bonds is 2. The zero-order valence-electron chi connectivity index (χ0n) is 8.64. The molecule has 0 saturated carbocycles. The van der Waals surface area contributed by atoms with Gasteiger partial charge in [-0.2, -0.15) is 0 Å². The smallest absolute Gasteiger partial charge is 0.260 e. The molecule has 0 fully saturated rings. The molecule has 2 rings (SSSR count). The lowest BCUT2D eigenvalue weighted by Crippen LogP contribution is -2.13. The van der Waals surface area contributed by atoms with Gasteiger partial charge >= 0.3 is 0 Å². The van der Waals surface area contributed by atoms with Gasteiger partial charge in [0.15, 0.2) is 10.5 Å². The molecule has 1 N–H and O–H groups in total. The van der Waals surface area contributed by atoms with E-state index in [-0.39, 0.29) is 20.9 Å². The second-order valence-electron chi connectivity index (χ2n) is 3.31. The number of carbonyl (C=O) groups is 1. The van der Waals surface area contributed by atoms with Crippen LogP contribution in [0.5, 0.6) is 0 Å². The van der Waals surface area contributed by atoms with Gasteiger partial charge in [0.05, 0.1) is 22.5 Å². The zero-order valence-corrected chi connectivity index (χ0v) is 11.0. The predicted octanol–water partition coefficient (Wildman–Crippen LogP) is 4.23. The van der Waals surface area contributed by atoms with E-state index >= 15 is 0 Å².